The van der Waals surface area contributed by atoms with Crippen LogP contribution in [0.5, 0.6) is 0 Å². The van der Waals surface area contributed by atoms with Gasteiger partial charge in [-0.15, -0.1) is 0 Å². The fourth-order valence-electron chi connectivity index (χ4n) is 3.92. The third-order valence-corrected chi connectivity index (χ3v) is 5.67. The van der Waals surface area contributed by atoms with E-state index >= 15 is 0 Å². The van der Waals surface area contributed by atoms with E-state index in [1.54, 1.807) is 0 Å². The van der Waals surface area contributed by atoms with E-state index in [1.807, 2.05) is 50.1 Å². The Balaban J connectivity index is 1.55. The van der Waals surface area contributed by atoms with Gasteiger partial charge >= 0.3 is 0 Å². The maximum absolute atomic E-state index is 12.4. The predicted octanol–water partition coefficient (Wildman–Crippen LogP) is 3.73. The van der Waals surface area contributed by atoms with Crippen LogP contribution in [0, 0.1) is 0 Å². The van der Waals surface area contributed by atoms with Crippen molar-refractivity contribution in [1.29, 1.82) is 0 Å². The highest BCUT2D eigenvalue weighted by Gasteiger charge is 2.25. The molecule has 1 fully saturated rings. The number of aliphatic imine (C=N–C) groups is 1. The first-order valence-electron chi connectivity index (χ1n) is 10.5. The van der Waals surface area contributed by atoms with Crippen molar-refractivity contribution in [3.8, 4) is 0 Å². The van der Waals surface area contributed by atoms with Crippen molar-refractivity contribution in [2.75, 3.05) is 33.2 Å². The lowest BCUT2D eigenvalue weighted by Crippen LogP contribution is -2.39. The molecule has 29 heavy (non-hydrogen) atoms. The minimum Gasteiger partial charge on any atom is -0.352 e. The molecule has 0 aliphatic carbocycles. The average Bonchev–Trinajstić information content (AvgIpc) is 3.26. The number of nitrogens with one attached hydrogen (secondary N) is 1. The molecule has 5 nitrogen and oxygen atoms in total. The quantitative estimate of drug-likeness (QED) is 0.602. The number of rotatable bonds is 6. The molecule has 2 aromatic carbocycles. The first-order chi connectivity index (χ1) is 14.2. The minimum atomic E-state index is 0.0920. The summed E-state index contributed by atoms with van der Waals surface area (Å²) in [7, 11) is 1.84. The van der Waals surface area contributed by atoms with Gasteiger partial charge in [-0.2, -0.15) is 0 Å². The van der Waals surface area contributed by atoms with Gasteiger partial charge in [0.25, 0.3) is 5.91 Å². The summed E-state index contributed by atoms with van der Waals surface area (Å²) in [4.78, 5) is 21.1. The Kier molecular flexibility index (Phi) is 7.28. The van der Waals surface area contributed by atoms with Gasteiger partial charge in [0, 0.05) is 51.3 Å². The van der Waals surface area contributed by atoms with E-state index in [1.165, 1.54) is 5.56 Å². The number of likely N-dealkylation sites (tertiary alicyclic amines) is 1. The van der Waals surface area contributed by atoms with Gasteiger partial charge in [0.1, 0.15) is 0 Å². The average molecular weight is 393 g/mol. The van der Waals surface area contributed by atoms with Crippen LogP contribution in [0.4, 0.5) is 0 Å². The Morgan fingerprint density at radius 1 is 1.10 bits per heavy atom. The van der Waals surface area contributed by atoms with Crippen LogP contribution >= 0.6 is 0 Å². The fraction of sp³-hybridized carbons (Fsp3) is 0.417. The Labute approximate surface area is 174 Å². The molecule has 1 aliphatic rings. The zero-order chi connectivity index (χ0) is 20.6. The largest absolute Gasteiger partial charge is 0.352 e. The van der Waals surface area contributed by atoms with Gasteiger partial charge in [0.2, 0.25) is 0 Å². The summed E-state index contributed by atoms with van der Waals surface area (Å²) in [6, 6.07) is 18.6. The molecular formula is C24H32N4O. The highest BCUT2D eigenvalue weighted by Crippen LogP contribution is 2.26. The van der Waals surface area contributed by atoms with Gasteiger partial charge in [-0.1, -0.05) is 42.5 Å². The lowest BCUT2D eigenvalue weighted by molar-refractivity contribution is 0.0773. The van der Waals surface area contributed by atoms with Crippen LogP contribution in [0.3, 0.4) is 0 Å². The molecule has 3 rings (SSSR count). The van der Waals surface area contributed by atoms with E-state index in [2.05, 4.69) is 45.5 Å². The van der Waals surface area contributed by atoms with E-state index in [9.17, 15) is 4.79 Å². The topological polar surface area (TPSA) is 47.9 Å². The molecule has 0 bridgehead atoms. The zero-order valence-electron chi connectivity index (χ0n) is 17.8. The smallest absolute Gasteiger partial charge is 0.253 e. The van der Waals surface area contributed by atoms with Crippen molar-refractivity contribution < 1.29 is 4.79 Å². The summed E-state index contributed by atoms with van der Waals surface area (Å²) < 4.78 is 0. The predicted molar refractivity (Wildman–Crippen MR) is 119 cm³/mol. The lowest BCUT2D eigenvalue weighted by atomic mass is 9.99. The molecule has 0 saturated carbocycles. The minimum absolute atomic E-state index is 0.0920. The van der Waals surface area contributed by atoms with Gasteiger partial charge in [-0.05, 0) is 43.5 Å². The van der Waals surface area contributed by atoms with Crippen LogP contribution in [-0.4, -0.2) is 54.9 Å². The highest BCUT2D eigenvalue weighted by molar-refractivity contribution is 5.94. The molecule has 0 spiro atoms. The molecule has 0 aromatic heterocycles. The molecule has 5 heteroatoms. The monoisotopic (exact) mass is 392 g/mol. The number of hydrogen-bond acceptors (Lipinski definition) is 2. The van der Waals surface area contributed by atoms with Gasteiger partial charge < -0.3 is 15.1 Å². The molecule has 1 heterocycles. The van der Waals surface area contributed by atoms with E-state index in [-0.39, 0.29) is 5.91 Å². The van der Waals surface area contributed by atoms with Gasteiger partial charge in [0.15, 0.2) is 5.96 Å². The van der Waals surface area contributed by atoms with Crippen LogP contribution < -0.4 is 5.32 Å². The Morgan fingerprint density at radius 2 is 1.79 bits per heavy atom. The Hall–Kier alpha value is -2.82. The Bertz CT molecular complexity index is 813. The summed E-state index contributed by atoms with van der Waals surface area (Å²) >= 11 is 0. The van der Waals surface area contributed by atoms with Gasteiger partial charge in [0.05, 0.1) is 0 Å². The molecule has 1 unspecified atom stereocenters. The number of guanidine groups is 1. The number of carbonyl (C=O) groups excluding carboxylic acids is 1. The number of carbonyl (C=O) groups is 1. The van der Waals surface area contributed by atoms with Crippen LogP contribution in [0.2, 0.25) is 0 Å². The van der Waals surface area contributed by atoms with Crippen LogP contribution in [0.15, 0.2) is 59.6 Å². The van der Waals surface area contributed by atoms with Crippen molar-refractivity contribution in [1.82, 2.24) is 15.1 Å². The van der Waals surface area contributed by atoms with Crippen LogP contribution in [0.25, 0.3) is 0 Å². The second-order valence-corrected chi connectivity index (χ2v) is 7.42. The number of hydrogen-bond donors (Lipinski definition) is 1. The van der Waals surface area contributed by atoms with Crippen molar-refractivity contribution in [2.45, 2.75) is 32.7 Å². The first-order valence-corrected chi connectivity index (χ1v) is 10.5. The van der Waals surface area contributed by atoms with Crippen LogP contribution in [0.1, 0.15) is 47.7 Å². The third-order valence-electron chi connectivity index (χ3n) is 5.67. The first kappa shape index (κ1) is 20.9. The number of benzene rings is 2. The van der Waals surface area contributed by atoms with Gasteiger partial charge in [-0.25, -0.2) is 0 Å². The van der Waals surface area contributed by atoms with Gasteiger partial charge in [-0.3, -0.25) is 9.79 Å². The number of amides is 1. The van der Waals surface area contributed by atoms with Crippen molar-refractivity contribution >= 4 is 11.9 Å². The Morgan fingerprint density at radius 3 is 2.41 bits per heavy atom. The van der Waals surface area contributed by atoms with E-state index in [4.69, 9.17) is 0 Å². The molecule has 1 N–H and O–H groups in total. The second-order valence-electron chi connectivity index (χ2n) is 7.42. The van der Waals surface area contributed by atoms with E-state index < -0.39 is 0 Å². The summed E-state index contributed by atoms with van der Waals surface area (Å²) in [5.74, 6) is 1.58. The lowest BCUT2D eigenvalue weighted by Gasteiger charge is -2.22. The molecule has 154 valence electrons. The molecule has 1 saturated heterocycles. The SMILES string of the molecule is CCN(CC)C(=O)c1ccc(CNC(=NC)N2CCC(c3ccccc3)C2)cc1. The normalized spacial score (nSPS) is 16.7. The standard InChI is InChI=1S/C24H32N4O/c1-4-27(5-2)23(29)21-13-11-19(12-14-21)17-26-24(25-3)28-16-15-22(18-28)20-9-7-6-8-10-20/h6-14,22H,4-5,15-18H2,1-3H3,(H,25,26). The molecule has 2 aromatic rings. The van der Waals surface area contributed by atoms with Crippen molar-refractivity contribution in [3.63, 3.8) is 0 Å². The summed E-state index contributed by atoms with van der Waals surface area (Å²) in [6.07, 6.45) is 1.15. The zero-order valence-corrected chi connectivity index (χ0v) is 17.8. The molecular weight excluding hydrogens is 360 g/mol. The van der Waals surface area contributed by atoms with Crippen LogP contribution in [-0.2, 0) is 6.54 Å². The summed E-state index contributed by atoms with van der Waals surface area (Å²) in [5.41, 5.74) is 3.28. The summed E-state index contributed by atoms with van der Waals surface area (Å²) in [6.45, 7) is 8.16. The highest BCUT2D eigenvalue weighted by atomic mass is 16.2. The molecule has 1 amide bonds. The van der Waals surface area contributed by atoms with Crippen molar-refractivity contribution in [3.05, 3.63) is 71.3 Å². The number of nitrogens with zero attached hydrogens (tertiary/aromatic N) is 3. The molecule has 1 atom stereocenters. The van der Waals surface area contributed by atoms with E-state index in [0.29, 0.717) is 12.5 Å². The summed E-state index contributed by atoms with van der Waals surface area (Å²) in [5, 5.41) is 3.47. The fourth-order valence-corrected chi connectivity index (χ4v) is 3.92. The second kappa shape index (κ2) is 10.1. The molecule has 0 radical (unpaired) electrons. The maximum Gasteiger partial charge on any atom is 0.253 e. The molecule has 1 aliphatic heterocycles. The van der Waals surface area contributed by atoms with Crippen molar-refractivity contribution in [2.24, 2.45) is 4.99 Å². The third kappa shape index (κ3) is 5.17. The van der Waals surface area contributed by atoms with E-state index in [0.717, 1.165) is 49.7 Å². The maximum atomic E-state index is 12.4.